The summed E-state index contributed by atoms with van der Waals surface area (Å²) >= 11 is 9.76. The van der Waals surface area contributed by atoms with Crippen LogP contribution in [-0.4, -0.2) is 12.6 Å². The van der Waals surface area contributed by atoms with Crippen LogP contribution < -0.4 is 5.32 Å². The standard InChI is InChI=1S/C15H21BrClN/c1-10(2)12(9-18-14-5-6-14)7-11-3-4-13(16)8-15(11)17/h3-4,8,10,12,14,18H,5-7,9H2,1-2H3. The molecule has 1 aromatic rings. The highest BCUT2D eigenvalue weighted by Crippen LogP contribution is 2.27. The van der Waals surface area contributed by atoms with Gasteiger partial charge in [-0.05, 0) is 55.3 Å². The summed E-state index contributed by atoms with van der Waals surface area (Å²) in [6.07, 6.45) is 3.76. The Bertz CT molecular complexity index is 401. The third-order valence-corrected chi connectivity index (χ3v) is 4.53. The Labute approximate surface area is 123 Å². The molecule has 2 rings (SSSR count). The lowest BCUT2D eigenvalue weighted by Crippen LogP contribution is -2.29. The molecule has 1 aliphatic carbocycles. The summed E-state index contributed by atoms with van der Waals surface area (Å²) in [5.74, 6) is 1.33. The lowest BCUT2D eigenvalue weighted by molar-refractivity contribution is 0.359. The van der Waals surface area contributed by atoms with Crippen molar-refractivity contribution in [3.8, 4) is 0 Å². The smallest absolute Gasteiger partial charge is 0.0449 e. The van der Waals surface area contributed by atoms with Gasteiger partial charge in [0.1, 0.15) is 0 Å². The zero-order valence-electron chi connectivity index (χ0n) is 11.0. The first kappa shape index (κ1) is 14.4. The van der Waals surface area contributed by atoms with Gasteiger partial charge in [0, 0.05) is 15.5 Å². The van der Waals surface area contributed by atoms with Gasteiger partial charge in [0.2, 0.25) is 0 Å². The van der Waals surface area contributed by atoms with Crippen LogP contribution in [0.5, 0.6) is 0 Å². The maximum Gasteiger partial charge on any atom is 0.0449 e. The van der Waals surface area contributed by atoms with E-state index < -0.39 is 0 Å². The van der Waals surface area contributed by atoms with Gasteiger partial charge in [-0.25, -0.2) is 0 Å². The van der Waals surface area contributed by atoms with E-state index in [0.717, 1.165) is 28.5 Å². The normalized spacial score (nSPS) is 17.2. The third-order valence-electron chi connectivity index (χ3n) is 3.69. The molecule has 100 valence electrons. The predicted molar refractivity (Wildman–Crippen MR) is 82.2 cm³/mol. The van der Waals surface area contributed by atoms with E-state index in [9.17, 15) is 0 Å². The van der Waals surface area contributed by atoms with Crippen LogP contribution >= 0.6 is 27.5 Å². The fraction of sp³-hybridized carbons (Fsp3) is 0.600. The third kappa shape index (κ3) is 4.25. The van der Waals surface area contributed by atoms with E-state index in [-0.39, 0.29) is 0 Å². The number of benzene rings is 1. The Morgan fingerprint density at radius 1 is 1.39 bits per heavy atom. The molecule has 1 aliphatic rings. The van der Waals surface area contributed by atoms with Crippen molar-refractivity contribution >= 4 is 27.5 Å². The Hall–Kier alpha value is -0.0500. The van der Waals surface area contributed by atoms with Crippen molar-refractivity contribution in [1.29, 1.82) is 0 Å². The molecule has 0 heterocycles. The number of hydrogen-bond donors (Lipinski definition) is 1. The molecule has 3 heteroatoms. The second kappa shape index (κ2) is 6.40. The van der Waals surface area contributed by atoms with Gasteiger partial charge < -0.3 is 5.32 Å². The summed E-state index contributed by atoms with van der Waals surface area (Å²) in [7, 11) is 0. The Balaban J connectivity index is 1.97. The quantitative estimate of drug-likeness (QED) is 0.799. The van der Waals surface area contributed by atoms with Gasteiger partial charge in [0.15, 0.2) is 0 Å². The minimum Gasteiger partial charge on any atom is -0.314 e. The zero-order chi connectivity index (χ0) is 13.1. The van der Waals surface area contributed by atoms with E-state index in [1.54, 1.807) is 0 Å². The van der Waals surface area contributed by atoms with Gasteiger partial charge in [-0.1, -0.05) is 47.4 Å². The van der Waals surface area contributed by atoms with Crippen molar-refractivity contribution in [2.45, 2.75) is 39.2 Å². The molecular formula is C15H21BrClN. The monoisotopic (exact) mass is 329 g/mol. The van der Waals surface area contributed by atoms with E-state index in [0.29, 0.717) is 11.8 Å². The van der Waals surface area contributed by atoms with E-state index in [1.165, 1.54) is 18.4 Å². The molecule has 0 aromatic heterocycles. The van der Waals surface area contributed by atoms with Crippen LogP contribution in [-0.2, 0) is 6.42 Å². The average molecular weight is 331 g/mol. The SMILES string of the molecule is CC(C)C(CNC1CC1)Cc1ccc(Br)cc1Cl. The molecular weight excluding hydrogens is 310 g/mol. The predicted octanol–water partition coefficient (Wildman–Crippen LogP) is 4.67. The topological polar surface area (TPSA) is 12.0 Å². The van der Waals surface area contributed by atoms with Crippen molar-refractivity contribution in [3.05, 3.63) is 33.3 Å². The van der Waals surface area contributed by atoms with Crippen LogP contribution in [0.2, 0.25) is 5.02 Å². The summed E-state index contributed by atoms with van der Waals surface area (Å²) in [6.45, 7) is 5.70. The van der Waals surface area contributed by atoms with Crippen molar-refractivity contribution < 1.29 is 0 Å². The molecule has 0 bridgehead atoms. The van der Waals surface area contributed by atoms with Gasteiger partial charge >= 0.3 is 0 Å². The molecule has 0 aliphatic heterocycles. The molecule has 0 amide bonds. The van der Waals surface area contributed by atoms with Crippen molar-refractivity contribution in [2.75, 3.05) is 6.54 Å². The maximum atomic E-state index is 6.30. The molecule has 0 saturated heterocycles. The molecule has 0 spiro atoms. The Morgan fingerprint density at radius 3 is 2.67 bits per heavy atom. The largest absolute Gasteiger partial charge is 0.314 e. The molecule has 1 N–H and O–H groups in total. The number of nitrogens with one attached hydrogen (secondary N) is 1. The molecule has 1 fully saturated rings. The zero-order valence-corrected chi connectivity index (χ0v) is 13.4. The second-order valence-electron chi connectivity index (χ2n) is 5.63. The highest BCUT2D eigenvalue weighted by molar-refractivity contribution is 9.10. The minimum atomic E-state index is 0.657. The summed E-state index contributed by atoms with van der Waals surface area (Å²) < 4.78 is 1.05. The van der Waals surface area contributed by atoms with Crippen LogP contribution in [0.25, 0.3) is 0 Å². The molecule has 1 nitrogen and oxygen atoms in total. The van der Waals surface area contributed by atoms with Crippen molar-refractivity contribution in [1.82, 2.24) is 5.32 Å². The fourth-order valence-corrected chi connectivity index (χ4v) is 2.87. The minimum absolute atomic E-state index is 0.657. The summed E-state index contributed by atoms with van der Waals surface area (Å²) in [5.41, 5.74) is 1.26. The molecule has 0 radical (unpaired) electrons. The van der Waals surface area contributed by atoms with Crippen LogP contribution in [0, 0.1) is 11.8 Å². The van der Waals surface area contributed by atoms with E-state index in [1.807, 2.05) is 6.07 Å². The second-order valence-corrected chi connectivity index (χ2v) is 6.95. The van der Waals surface area contributed by atoms with Gasteiger partial charge in [-0.2, -0.15) is 0 Å². The first-order valence-corrected chi connectivity index (χ1v) is 7.90. The van der Waals surface area contributed by atoms with Gasteiger partial charge in [-0.15, -0.1) is 0 Å². The first-order chi connectivity index (χ1) is 8.56. The number of halogens is 2. The van der Waals surface area contributed by atoms with E-state index in [4.69, 9.17) is 11.6 Å². The number of hydrogen-bond acceptors (Lipinski definition) is 1. The lowest BCUT2D eigenvalue weighted by Gasteiger charge is -2.22. The van der Waals surface area contributed by atoms with E-state index >= 15 is 0 Å². The number of rotatable bonds is 6. The van der Waals surface area contributed by atoms with Gasteiger partial charge in [-0.3, -0.25) is 0 Å². The lowest BCUT2D eigenvalue weighted by atomic mass is 9.89. The highest BCUT2D eigenvalue weighted by atomic mass is 79.9. The summed E-state index contributed by atoms with van der Waals surface area (Å²) in [6, 6.07) is 6.99. The maximum absolute atomic E-state index is 6.30. The highest BCUT2D eigenvalue weighted by Gasteiger charge is 2.23. The van der Waals surface area contributed by atoms with Crippen LogP contribution in [0.15, 0.2) is 22.7 Å². The molecule has 1 unspecified atom stereocenters. The average Bonchev–Trinajstić information content (AvgIpc) is 3.10. The van der Waals surface area contributed by atoms with Crippen LogP contribution in [0.4, 0.5) is 0 Å². The molecule has 1 aromatic carbocycles. The summed E-state index contributed by atoms with van der Waals surface area (Å²) in [5, 5.41) is 4.51. The van der Waals surface area contributed by atoms with Gasteiger partial charge in [0.05, 0.1) is 0 Å². The Kier molecular flexibility index (Phi) is 5.11. The van der Waals surface area contributed by atoms with Crippen molar-refractivity contribution in [3.63, 3.8) is 0 Å². The van der Waals surface area contributed by atoms with Gasteiger partial charge in [0.25, 0.3) is 0 Å². The van der Waals surface area contributed by atoms with Crippen LogP contribution in [0.1, 0.15) is 32.3 Å². The molecule has 1 saturated carbocycles. The Morgan fingerprint density at radius 2 is 2.11 bits per heavy atom. The van der Waals surface area contributed by atoms with E-state index in [2.05, 4.69) is 47.2 Å². The first-order valence-electron chi connectivity index (χ1n) is 6.73. The fourth-order valence-electron chi connectivity index (χ4n) is 2.12. The molecule has 1 atom stereocenters. The van der Waals surface area contributed by atoms with Crippen molar-refractivity contribution in [2.24, 2.45) is 11.8 Å². The summed E-state index contributed by atoms with van der Waals surface area (Å²) in [4.78, 5) is 0. The molecule has 18 heavy (non-hydrogen) atoms. The van der Waals surface area contributed by atoms with Crippen LogP contribution in [0.3, 0.4) is 0 Å².